The summed E-state index contributed by atoms with van der Waals surface area (Å²) in [5.74, 6) is -2.12. The standard InChI is InChI=1S/C11H13FN2O3/c1-7(10(15)16)6-13-11(17)14-9-4-2-3-8(12)5-9/h2-5,7H,6H2,1H3,(H,15,16)(H2,13,14,17). The normalized spacial score (nSPS) is 11.6. The highest BCUT2D eigenvalue weighted by atomic mass is 19.1. The van der Waals surface area contributed by atoms with Crippen molar-refractivity contribution >= 4 is 17.7 Å². The first kappa shape index (κ1) is 13.0. The van der Waals surface area contributed by atoms with E-state index in [2.05, 4.69) is 10.6 Å². The van der Waals surface area contributed by atoms with E-state index in [1.807, 2.05) is 0 Å². The molecule has 1 aromatic carbocycles. The van der Waals surface area contributed by atoms with Crippen LogP contribution in [-0.4, -0.2) is 23.7 Å². The highest BCUT2D eigenvalue weighted by molar-refractivity contribution is 5.89. The van der Waals surface area contributed by atoms with Gasteiger partial charge in [0.25, 0.3) is 0 Å². The van der Waals surface area contributed by atoms with E-state index in [-0.39, 0.29) is 6.54 Å². The van der Waals surface area contributed by atoms with Gasteiger partial charge in [0.2, 0.25) is 0 Å². The summed E-state index contributed by atoms with van der Waals surface area (Å²) in [7, 11) is 0. The van der Waals surface area contributed by atoms with Crippen LogP contribution in [0.4, 0.5) is 14.9 Å². The minimum Gasteiger partial charge on any atom is -0.481 e. The number of aliphatic carboxylic acids is 1. The molecule has 0 aliphatic rings. The Morgan fingerprint density at radius 1 is 1.47 bits per heavy atom. The lowest BCUT2D eigenvalue weighted by atomic mass is 10.2. The highest BCUT2D eigenvalue weighted by Gasteiger charge is 2.11. The topological polar surface area (TPSA) is 78.4 Å². The summed E-state index contributed by atoms with van der Waals surface area (Å²) < 4.78 is 12.8. The van der Waals surface area contributed by atoms with E-state index >= 15 is 0 Å². The Kier molecular flexibility index (Phi) is 4.45. The average Bonchev–Trinajstić information content (AvgIpc) is 2.25. The smallest absolute Gasteiger partial charge is 0.319 e. The molecule has 1 rings (SSSR count). The number of carbonyl (C=O) groups excluding carboxylic acids is 1. The van der Waals surface area contributed by atoms with Crippen molar-refractivity contribution < 1.29 is 19.1 Å². The van der Waals surface area contributed by atoms with Crippen molar-refractivity contribution in [2.45, 2.75) is 6.92 Å². The van der Waals surface area contributed by atoms with Gasteiger partial charge in [-0.15, -0.1) is 0 Å². The maximum Gasteiger partial charge on any atom is 0.319 e. The number of hydrogen-bond acceptors (Lipinski definition) is 2. The van der Waals surface area contributed by atoms with Crippen LogP contribution in [0.2, 0.25) is 0 Å². The van der Waals surface area contributed by atoms with Crippen molar-refractivity contribution in [3.05, 3.63) is 30.1 Å². The molecule has 0 spiro atoms. The van der Waals surface area contributed by atoms with Crippen LogP contribution < -0.4 is 10.6 Å². The van der Waals surface area contributed by atoms with E-state index in [0.717, 1.165) is 0 Å². The maximum absolute atomic E-state index is 12.8. The third kappa shape index (κ3) is 4.50. The predicted octanol–water partition coefficient (Wildman–Crippen LogP) is 1.67. The van der Waals surface area contributed by atoms with Gasteiger partial charge in [0.15, 0.2) is 0 Å². The number of hydrogen-bond donors (Lipinski definition) is 3. The van der Waals surface area contributed by atoms with Crippen LogP contribution in [0.3, 0.4) is 0 Å². The molecule has 0 heterocycles. The first-order valence-electron chi connectivity index (χ1n) is 5.02. The van der Waals surface area contributed by atoms with Crippen molar-refractivity contribution in [2.75, 3.05) is 11.9 Å². The second-order valence-electron chi connectivity index (χ2n) is 3.58. The van der Waals surface area contributed by atoms with Crippen LogP contribution >= 0.6 is 0 Å². The molecule has 1 unspecified atom stereocenters. The number of carboxylic acid groups (broad SMARTS) is 1. The van der Waals surface area contributed by atoms with E-state index in [9.17, 15) is 14.0 Å². The molecular weight excluding hydrogens is 227 g/mol. The van der Waals surface area contributed by atoms with Gasteiger partial charge in [-0.05, 0) is 18.2 Å². The van der Waals surface area contributed by atoms with E-state index in [4.69, 9.17) is 5.11 Å². The Morgan fingerprint density at radius 2 is 2.18 bits per heavy atom. The molecule has 2 amide bonds. The largest absolute Gasteiger partial charge is 0.481 e. The third-order valence-electron chi connectivity index (χ3n) is 2.07. The molecule has 5 nitrogen and oxygen atoms in total. The fourth-order valence-corrected chi connectivity index (χ4v) is 1.07. The molecule has 92 valence electrons. The molecule has 0 aliphatic carbocycles. The Bertz CT molecular complexity index is 423. The molecule has 0 saturated heterocycles. The second-order valence-corrected chi connectivity index (χ2v) is 3.58. The van der Waals surface area contributed by atoms with Gasteiger partial charge in [0.05, 0.1) is 5.92 Å². The first-order chi connectivity index (χ1) is 7.99. The number of carboxylic acids is 1. The van der Waals surface area contributed by atoms with E-state index in [0.29, 0.717) is 5.69 Å². The van der Waals surface area contributed by atoms with Crippen molar-refractivity contribution in [1.82, 2.24) is 5.32 Å². The van der Waals surface area contributed by atoms with Crippen molar-refractivity contribution in [1.29, 1.82) is 0 Å². The number of carbonyl (C=O) groups is 2. The average molecular weight is 240 g/mol. The van der Waals surface area contributed by atoms with Gasteiger partial charge in [-0.3, -0.25) is 4.79 Å². The minimum atomic E-state index is -0.990. The summed E-state index contributed by atoms with van der Waals surface area (Å²) in [6, 6.07) is 4.85. The van der Waals surface area contributed by atoms with Crippen molar-refractivity contribution in [3.8, 4) is 0 Å². The molecule has 0 radical (unpaired) electrons. The van der Waals surface area contributed by atoms with Crippen LogP contribution in [0.5, 0.6) is 0 Å². The van der Waals surface area contributed by atoms with E-state index in [1.165, 1.54) is 31.2 Å². The molecule has 1 atom stereocenters. The van der Waals surface area contributed by atoms with Gasteiger partial charge in [-0.25, -0.2) is 9.18 Å². The monoisotopic (exact) mass is 240 g/mol. The van der Waals surface area contributed by atoms with Crippen LogP contribution in [0.15, 0.2) is 24.3 Å². The van der Waals surface area contributed by atoms with Gasteiger partial charge < -0.3 is 15.7 Å². The zero-order valence-electron chi connectivity index (χ0n) is 9.24. The van der Waals surface area contributed by atoms with E-state index < -0.39 is 23.7 Å². The predicted molar refractivity (Wildman–Crippen MR) is 60.2 cm³/mol. The summed E-state index contributed by atoms with van der Waals surface area (Å²) in [5, 5.41) is 13.4. The number of halogens is 1. The molecule has 0 saturated carbocycles. The van der Waals surface area contributed by atoms with Crippen molar-refractivity contribution in [3.63, 3.8) is 0 Å². The molecular formula is C11H13FN2O3. The molecule has 0 bridgehead atoms. The van der Waals surface area contributed by atoms with E-state index in [1.54, 1.807) is 0 Å². The zero-order chi connectivity index (χ0) is 12.8. The Morgan fingerprint density at radius 3 is 2.76 bits per heavy atom. The summed E-state index contributed by atoms with van der Waals surface area (Å²) in [6.45, 7) is 1.49. The second kappa shape index (κ2) is 5.83. The Balaban J connectivity index is 2.42. The Labute approximate surface area is 97.6 Å². The maximum atomic E-state index is 12.8. The number of benzene rings is 1. The summed E-state index contributed by atoms with van der Waals surface area (Å²) in [6.07, 6.45) is 0. The van der Waals surface area contributed by atoms with Gasteiger partial charge in [0.1, 0.15) is 5.82 Å². The number of nitrogens with one attached hydrogen (secondary N) is 2. The zero-order valence-corrected chi connectivity index (χ0v) is 9.24. The lowest BCUT2D eigenvalue weighted by Crippen LogP contribution is -2.34. The molecule has 6 heteroatoms. The lowest BCUT2D eigenvalue weighted by Gasteiger charge is -2.09. The third-order valence-corrected chi connectivity index (χ3v) is 2.07. The van der Waals surface area contributed by atoms with Crippen LogP contribution in [0.25, 0.3) is 0 Å². The quantitative estimate of drug-likeness (QED) is 0.749. The number of urea groups is 1. The molecule has 1 aromatic rings. The first-order valence-corrected chi connectivity index (χ1v) is 5.02. The highest BCUT2D eigenvalue weighted by Crippen LogP contribution is 2.08. The SMILES string of the molecule is CC(CNC(=O)Nc1cccc(F)c1)C(=O)O. The minimum absolute atomic E-state index is 0.0104. The number of amides is 2. The summed E-state index contributed by atoms with van der Waals surface area (Å²) in [5.41, 5.74) is 0.311. The fourth-order valence-electron chi connectivity index (χ4n) is 1.07. The van der Waals surface area contributed by atoms with Crippen LogP contribution in [0, 0.1) is 11.7 Å². The number of rotatable bonds is 4. The Hall–Kier alpha value is -2.11. The van der Waals surface area contributed by atoms with Gasteiger partial charge in [-0.2, -0.15) is 0 Å². The van der Waals surface area contributed by atoms with Crippen LogP contribution in [0.1, 0.15) is 6.92 Å². The van der Waals surface area contributed by atoms with Crippen molar-refractivity contribution in [2.24, 2.45) is 5.92 Å². The molecule has 0 aromatic heterocycles. The van der Waals surface area contributed by atoms with Crippen LogP contribution in [-0.2, 0) is 4.79 Å². The summed E-state index contributed by atoms with van der Waals surface area (Å²) >= 11 is 0. The van der Waals surface area contributed by atoms with Gasteiger partial charge in [0, 0.05) is 12.2 Å². The molecule has 0 fully saturated rings. The summed E-state index contributed by atoms with van der Waals surface area (Å²) in [4.78, 5) is 21.8. The lowest BCUT2D eigenvalue weighted by molar-refractivity contribution is -0.140. The van der Waals surface area contributed by atoms with Gasteiger partial charge in [-0.1, -0.05) is 13.0 Å². The fraction of sp³-hybridized carbons (Fsp3) is 0.273. The van der Waals surface area contributed by atoms with Gasteiger partial charge >= 0.3 is 12.0 Å². The number of anilines is 1. The molecule has 17 heavy (non-hydrogen) atoms. The molecule has 3 N–H and O–H groups in total. The molecule has 0 aliphatic heterocycles.